The van der Waals surface area contributed by atoms with Gasteiger partial charge < -0.3 is 15.1 Å². The summed E-state index contributed by atoms with van der Waals surface area (Å²) < 4.78 is 0. The zero-order chi connectivity index (χ0) is 14.0. The molecule has 1 aromatic rings. The van der Waals surface area contributed by atoms with Gasteiger partial charge >= 0.3 is 0 Å². The Bertz CT molecular complexity index is 417. The van der Waals surface area contributed by atoms with Crippen molar-refractivity contribution < 1.29 is 0 Å². The number of hydrogen-bond acceptors (Lipinski definition) is 3. The van der Waals surface area contributed by atoms with Gasteiger partial charge in [-0.15, -0.1) is 0 Å². The van der Waals surface area contributed by atoms with Crippen LogP contribution in [-0.2, 0) is 0 Å². The van der Waals surface area contributed by atoms with E-state index in [1.807, 2.05) is 0 Å². The van der Waals surface area contributed by atoms with E-state index in [2.05, 4.69) is 62.1 Å². The monoisotopic (exact) mass is 261 g/mol. The normalized spacial score (nSPS) is 20.1. The van der Waals surface area contributed by atoms with Crippen LogP contribution in [0.2, 0.25) is 0 Å². The molecule has 1 heterocycles. The maximum Gasteiger partial charge on any atom is 0.0426 e. The van der Waals surface area contributed by atoms with E-state index in [4.69, 9.17) is 0 Å². The Hall–Kier alpha value is -1.06. The van der Waals surface area contributed by atoms with Crippen molar-refractivity contribution in [2.45, 2.75) is 26.8 Å². The zero-order valence-corrected chi connectivity index (χ0v) is 13.0. The molecule has 1 saturated heterocycles. The lowest BCUT2D eigenvalue weighted by Gasteiger charge is -2.38. The molecule has 0 aromatic heterocycles. The number of nitrogens with one attached hydrogen (secondary N) is 1. The van der Waals surface area contributed by atoms with Crippen LogP contribution in [0.5, 0.6) is 0 Å². The maximum atomic E-state index is 3.62. The molecule has 1 aliphatic rings. The first-order valence-electron chi connectivity index (χ1n) is 7.18. The predicted octanol–water partition coefficient (Wildman–Crippen LogP) is 1.95. The molecule has 3 heteroatoms. The van der Waals surface area contributed by atoms with Crippen LogP contribution in [0.4, 0.5) is 5.69 Å². The second-order valence-electron chi connectivity index (χ2n) is 6.11. The summed E-state index contributed by atoms with van der Waals surface area (Å²) in [6.07, 6.45) is 0. The molecule has 0 aliphatic carbocycles. The molecule has 0 radical (unpaired) electrons. The van der Waals surface area contributed by atoms with Crippen LogP contribution in [0, 0.1) is 20.8 Å². The number of aryl methyl sites for hydroxylation is 3. The van der Waals surface area contributed by atoms with E-state index in [0.29, 0.717) is 6.04 Å². The fourth-order valence-electron chi connectivity index (χ4n) is 3.26. The molecule has 1 unspecified atom stereocenters. The lowest BCUT2D eigenvalue weighted by atomic mass is 10.0. The minimum atomic E-state index is 0.559. The van der Waals surface area contributed by atoms with E-state index in [-0.39, 0.29) is 0 Å². The molecule has 1 aromatic carbocycles. The SMILES string of the molecule is Cc1cc(C)c(N2CCNC(CN(C)C)C2)c(C)c1. The predicted molar refractivity (Wildman–Crippen MR) is 83.2 cm³/mol. The maximum absolute atomic E-state index is 3.62. The number of piperazine rings is 1. The smallest absolute Gasteiger partial charge is 0.0426 e. The first-order valence-corrected chi connectivity index (χ1v) is 7.18. The fraction of sp³-hybridized carbons (Fsp3) is 0.625. The molecule has 1 atom stereocenters. The topological polar surface area (TPSA) is 18.5 Å². The van der Waals surface area contributed by atoms with E-state index in [0.717, 1.165) is 26.2 Å². The standard InChI is InChI=1S/C16H27N3/c1-12-8-13(2)16(14(3)9-12)19-7-6-17-15(11-19)10-18(4)5/h8-9,15,17H,6-7,10-11H2,1-5H3. The molecule has 1 N–H and O–H groups in total. The third-order valence-corrected chi connectivity index (χ3v) is 3.79. The molecule has 1 fully saturated rings. The van der Waals surface area contributed by atoms with Gasteiger partial charge in [0.05, 0.1) is 0 Å². The summed E-state index contributed by atoms with van der Waals surface area (Å²) in [5.41, 5.74) is 5.61. The lowest BCUT2D eigenvalue weighted by Crippen LogP contribution is -2.54. The van der Waals surface area contributed by atoms with Crippen molar-refractivity contribution in [2.24, 2.45) is 0 Å². The van der Waals surface area contributed by atoms with Gasteiger partial charge in [-0.1, -0.05) is 17.7 Å². The molecule has 0 saturated carbocycles. The second-order valence-corrected chi connectivity index (χ2v) is 6.11. The number of rotatable bonds is 3. The first-order chi connectivity index (χ1) is 8.97. The zero-order valence-electron chi connectivity index (χ0n) is 13.0. The number of hydrogen-bond donors (Lipinski definition) is 1. The van der Waals surface area contributed by atoms with Crippen molar-refractivity contribution in [1.29, 1.82) is 0 Å². The highest BCUT2D eigenvalue weighted by molar-refractivity contribution is 5.60. The van der Waals surface area contributed by atoms with E-state index < -0.39 is 0 Å². The minimum Gasteiger partial charge on any atom is -0.368 e. The van der Waals surface area contributed by atoms with Crippen molar-refractivity contribution in [3.8, 4) is 0 Å². The van der Waals surface area contributed by atoms with Crippen molar-refractivity contribution >= 4 is 5.69 Å². The van der Waals surface area contributed by atoms with Crippen LogP contribution in [0.3, 0.4) is 0 Å². The minimum absolute atomic E-state index is 0.559. The van der Waals surface area contributed by atoms with Crippen LogP contribution < -0.4 is 10.2 Å². The van der Waals surface area contributed by atoms with Crippen LogP contribution in [0.25, 0.3) is 0 Å². The average Bonchev–Trinajstić information content (AvgIpc) is 2.26. The summed E-state index contributed by atoms with van der Waals surface area (Å²) in [5, 5.41) is 3.62. The summed E-state index contributed by atoms with van der Waals surface area (Å²) >= 11 is 0. The molecule has 19 heavy (non-hydrogen) atoms. The Morgan fingerprint density at radius 3 is 2.42 bits per heavy atom. The highest BCUT2D eigenvalue weighted by Crippen LogP contribution is 2.27. The van der Waals surface area contributed by atoms with Crippen molar-refractivity contribution in [2.75, 3.05) is 45.2 Å². The van der Waals surface area contributed by atoms with Crippen molar-refractivity contribution in [1.82, 2.24) is 10.2 Å². The quantitative estimate of drug-likeness (QED) is 0.897. The van der Waals surface area contributed by atoms with Gasteiger partial charge in [0.1, 0.15) is 0 Å². The van der Waals surface area contributed by atoms with Gasteiger partial charge in [-0.2, -0.15) is 0 Å². The summed E-state index contributed by atoms with van der Waals surface area (Å²) in [4.78, 5) is 4.81. The molecule has 1 aliphatic heterocycles. The third kappa shape index (κ3) is 3.48. The molecule has 0 amide bonds. The number of nitrogens with zero attached hydrogens (tertiary/aromatic N) is 2. The van der Waals surface area contributed by atoms with Gasteiger partial charge in [0, 0.05) is 37.9 Å². The Morgan fingerprint density at radius 2 is 1.84 bits per heavy atom. The number of likely N-dealkylation sites (N-methyl/N-ethyl adjacent to an activating group) is 1. The second kappa shape index (κ2) is 5.93. The van der Waals surface area contributed by atoms with Crippen LogP contribution in [-0.4, -0.2) is 51.2 Å². The molecule has 0 spiro atoms. The van der Waals surface area contributed by atoms with E-state index in [1.165, 1.54) is 22.4 Å². The summed E-state index contributed by atoms with van der Waals surface area (Å²) in [5.74, 6) is 0. The molecule has 0 bridgehead atoms. The van der Waals surface area contributed by atoms with Gasteiger partial charge in [0.25, 0.3) is 0 Å². The molecule has 106 valence electrons. The highest BCUT2D eigenvalue weighted by Gasteiger charge is 2.22. The molecular weight excluding hydrogens is 234 g/mol. The van der Waals surface area contributed by atoms with E-state index >= 15 is 0 Å². The summed E-state index contributed by atoms with van der Waals surface area (Å²) in [6.45, 7) is 11.0. The van der Waals surface area contributed by atoms with Gasteiger partial charge in [0.15, 0.2) is 0 Å². The largest absolute Gasteiger partial charge is 0.368 e. The van der Waals surface area contributed by atoms with E-state index in [1.54, 1.807) is 0 Å². The highest BCUT2D eigenvalue weighted by atomic mass is 15.2. The van der Waals surface area contributed by atoms with Crippen molar-refractivity contribution in [3.63, 3.8) is 0 Å². The van der Waals surface area contributed by atoms with Crippen LogP contribution in [0.15, 0.2) is 12.1 Å². The Labute approximate surface area is 117 Å². The Balaban J connectivity index is 2.17. The fourth-order valence-corrected chi connectivity index (χ4v) is 3.26. The van der Waals surface area contributed by atoms with Gasteiger partial charge in [-0.3, -0.25) is 0 Å². The average molecular weight is 261 g/mol. The summed E-state index contributed by atoms with van der Waals surface area (Å²) in [7, 11) is 4.28. The van der Waals surface area contributed by atoms with Crippen LogP contribution in [0.1, 0.15) is 16.7 Å². The molecular formula is C16H27N3. The lowest BCUT2D eigenvalue weighted by molar-refractivity contribution is 0.323. The number of benzene rings is 1. The Kier molecular flexibility index (Phi) is 4.48. The third-order valence-electron chi connectivity index (χ3n) is 3.79. The Morgan fingerprint density at radius 1 is 1.21 bits per heavy atom. The van der Waals surface area contributed by atoms with Gasteiger partial charge in [-0.05, 0) is 46.0 Å². The first kappa shape index (κ1) is 14.4. The van der Waals surface area contributed by atoms with Crippen LogP contribution >= 0.6 is 0 Å². The number of anilines is 1. The van der Waals surface area contributed by atoms with Crippen molar-refractivity contribution in [3.05, 3.63) is 28.8 Å². The van der Waals surface area contributed by atoms with E-state index in [9.17, 15) is 0 Å². The molecule has 3 nitrogen and oxygen atoms in total. The summed E-state index contributed by atoms with van der Waals surface area (Å²) in [6, 6.07) is 5.15. The van der Waals surface area contributed by atoms with Gasteiger partial charge in [0.2, 0.25) is 0 Å². The van der Waals surface area contributed by atoms with Gasteiger partial charge in [-0.25, -0.2) is 0 Å². The molecule has 2 rings (SSSR count).